The van der Waals surface area contributed by atoms with Gasteiger partial charge in [-0.05, 0) is 24.3 Å². The largest absolute Gasteiger partial charge is 0.497 e. The molecule has 0 aliphatic rings. The highest BCUT2D eigenvalue weighted by Gasteiger charge is 2.16. The quantitative estimate of drug-likeness (QED) is 0.824. The van der Waals surface area contributed by atoms with Gasteiger partial charge < -0.3 is 4.74 Å². The Bertz CT molecular complexity index is 407. The fourth-order valence-corrected chi connectivity index (χ4v) is 3.16. The van der Waals surface area contributed by atoms with Crippen LogP contribution in [-0.4, -0.2) is 26.5 Å². The molecule has 5 heteroatoms. The van der Waals surface area contributed by atoms with Gasteiger partial charge in [-0.25, -0.2) is 8.42 Å². The Kier molecular flexibility index (Phi) is 4.04. The Morgan fingerprint density at radius 3 is 2.27 bits per heavy atom. The van der Waals surface area contributed by atoms with Crippen molar-refractivity contribution in [2.24, 2.45) is 0 Å². The lowest BCUT2D eigenvalue weighted by molar-refractivity contribution is 0.414. The van der Waals surface area contributed by atoms with Crippen LogP contribution < -0.4 is 4.74 Å². The molecule has 1 rings (SSSR count). The summed E-state index contributed by atoms with van der Waals surface area (Å²) in [6, 6.07) is 6.36. The Balaban J connectivity index is 2.96. The molecule has 0 spiro atoms. The summed E-state index contributed by atoms with van der Waals surface area (Å²) in [5.41, 5.74) is 0. The van der Waals surface area contributed by atoms with Gasteiger partial charge in [-0.3, -0.25) is 0 Å². The lowest BCUT2D eigenvalue weighted by Crippen LogP contribution is -2.13. The van der Waals surface area contributed by atoms with E-state index >= 15 is 0 Å². The van der Waals surface area contributed by atoms with Gasteiger partial charge in [-0.2, -0.15) is 12.6 Å². The van der Waals surface area contributed by atoms with E-state index in [-0.39, 0.29) is 11.0 Å². The van der Waals surface area contributed by atoms with E-state index in [1.807, 2.05) is 0 Å². The predicted octanol–water partition coefficient (Wildman–Crippen LogP) is 1.79. The van der Waals surface area contributed by atoms with E-state index in [1.165, 1.54) is 0 Å². The van der Waals surface area contributed by atoms with E-state index in [0.29, 0.717) is 10.6 Å². The first-order valence-electron chi connectivity index (χ1n) is 4.50. The highest BCUT2D eigenvalue weighted by molar-refractivity contribution is 7.92. The maximum atomic E-state index is 11.8. The number of rotatable bonds is 4. The molecule has 0 saturated carbocycles. The summed E-state index contributed by atoms with van der Waals surface area (Å²) >= 11 is 4.08. The third kappa shape index (κ3) is 3.43. The van der Waals surface area contributed by atoms with E-state index in [1.54, 1.807) is 38.3 Å². The zero-order chi connectivity index (χ0) is 11.5. The van der Waals surface area contributed by atoms with Crippen molar-refractivity contribution in [2.45, 2.75) is 17.1 Å². The topological polar surface area (TPSA) is 43.4 Å². The number of hydrogen-bond donors (Lipinski definition) is 1. The molecule has 1 aromatic rings. The van der Waals surface area contributed by atoms with Crippen molar-refractivity contribution in [3.63, 3.8) is 0 Å². The first kappa shape index (κ1) is 12.4. The molecule has 0 N–H and O–H groups in total. The second-order valence-electron chi connectivity index (χ2n) is 3.31. The summed E-state index contributed by atoms with van der Waals surface area (Å²) in [5.74, 6) is 0.690. The monoisotopic (exact) mass is 246 g/mol. The molecular formula is C10H14O3S2. The molecule has 0 heterocycles. The van der Waals surface area contributed by atoms with Gasteiger partial charge in [0, 0.05) is 5.25 Å². The van der Waals surface area contributed by atoms with Crippen LogP contribution in [0.2, 0.25) is 0 Å². The third-order valence-corrected chi connectivity index (χ3v) is 4.24. The van der Waals surface area contributed by atoms with Gasteiger partial charge >= 0.3 is 0 Å². The molecule has 1 aromatic carbocycles. The van der Waals surface area contributed by atoms with Crippen molar-refractivity contribution in [3.05, 3.63) is 24.3 Å². The minimum atomic E-state index is -3.22. The Morgan fingerprint density at radius 2 is 1.87 bits per heavy atom. The van der Waals surface area contributed by atoms with Crippen LogP contribution in [0.25, 0.3) is 0 Å². The zero-order valence-corrected chi connectivity index (χ0v) is 10.4. The van der Waals surface area contributed by atoms with E-state index in [0.717, 1.165) is 0 Å². The van der Waals surface area contributed by atoms with Crippen LogP contribution >= 0.6 is 12.6 Å². The normalized spacial score (nSPS) is 13.5. The Morgan fingerprint density at radius 1 is 1.33 bits per heavy atom. The molecule has 84 valence electrons. The van der Waals surface area contributed by atoms with Gasteiger partial charge in [0.25, 0.3) is 0 Å². The number of methoxy groups -OCH3 is 1. The van der Waals surface area contributed by atoms with Gasteiger partial charge in [0.05, 0.1) is 17.8 Å². The third-order valence-electron chi connectivity index (χ3n) is 1.88. The molecule has 0 aliphatic carbocycles. The number of thiol groups is 1. The number of hydrogen-bond acceptors (Lipinski definition) is 4. The van der Waals surface area contributed by atoms with Crippen LogP contribution in [0, 0.1) is 0 Å². The molecule has 1 atom stereocenters. The molecule has 0 unspecified atom stereocenters. The molecule has 0 aliphatic heterocycles. The van der Waals surface area contributed by atoms with Crippen molar-refractivity contribution in [2.75, 3.05) is 12.9 Å². The molecule has 0 aromatic heterocycles. The van der Waals surface area contributed by atoms with E-state index in [2.05, 4.69) is 12.6 Å². The fourth-order valence-electron chi connectivity index (χ4n) is 1.20. The van der Waals surface area contributed by atoms with Crippen molar-refractivity contribution >= 4 is 22.5 Å². The minimum absolute atomic E-state index is 0.0441. The van der Waals surface area contributed by atoms with E-state index in [4.69, 9.17) is 4.74 Å². The van der Waals surface area contributed by atoms with E-state index < -0.39 is 9.84 Å². The van der Waals surface area contributed by atoms with Crippen LogP contribution in [0.4, 0.5) is 0 Å². The van der Waals surface area contributed by atoms with Gasteiger partial charge in [-0.15, -0.1) is 0 Å². The summed E-state index contributed by atoms with van der Waals surface area (Å²) in [7, 11) is -1.68. The Labute approximate surface area is 95.8 Å². The summed E-state index contributed by atoms with van der Waals surface area (Å²) in [6.07, 6.45) is 0. The van der Waals surface area contributed by atoms with Crippen LogP contribution in [-0.2, 0) is 9.84 Å². The van der Waals surface area contributed by atoms with Crippen molar-refractivity contribution in [1.82, 2.24) is 0 Å². The van der Waals surface area contributed by atoms with Gasteiger partial charge in [-0.1, -0.05) is 6.92 Å². The van der Waals surface area contributed by atoms with Crippen LogP contribution in [0.3, 0.4) is 0 Å². The molecule has 0 bridgehead atoms. The first-order valence-corrected chi connectivity index (χ1v) is 6.67. The minimum Gasteiger partial charge on any atom is -0.497 e. The van der Waals surface area contributed by atoms with Crippen molar-refractivity contribution in [1.29, 1.82) is 0 Å². The summed E-state index contributed by atoms with van der Waals surface area (Å²) < 4.78 is 28.5. The van der Waals surface area contributed by atoms with Gasteiger partial charge in [0.15, 0.2) is 9.84 Å². The predicted molar refractivity (Wildman–Crippen MR) is 63.5 cm³/mol. The van der Waals surface area contributed by atoms with Gasteiger partial charge in [0.1, 0.15) is 5.75 Å². The Hall–Kier alpha value is -0.680. The second kappa shape index (κ2) is 4.90. The van der Waals surface area contributed by atoms with E-state index in [9.17, 15) is 8.42 Å². The lowest BCUT2D eigenvalue weighted by Gasteiger charge is -2.07. The molecule has 0 radical (unpaired) electrons. The summed E-state index contributed by atoms with van der Waals surface area (Å²) in [6.45, 7) is 1.75. The van der Waals surface area contributed by atoms with Gasteiger partial charge in [0.2, 0.25) is 0 Å². The molecule has 3 nitrogen and oxygen atoms in total. The molecule has 0 amide bonds. The first-order chi connectivity index (χ1) is 6.95. The zero-order valence-electron chi connectivity index (χ0n) is 8.67. The standard InChI is InChI=1S/C10H14O3S2/c1-8(14)7-15(11,12)10-5-3-9(13-2)4-6-10/h3-6,8,14H,7H2,1-2H3/t8-/m1/s1. The SMILES string of the molecule is COc1ccc(S(=O)(=O)C[C@@H](C)S)cc1. The van der Waals surface area contributed by atoms with Crippen molar-refractivity contribution < 1.29 is 13.2 Å². The highest BCUT2D eigenvalue weighted by Crippen LogP contribution is 2.17. The fraction of sp³-hybridized carbons (Fsp3) is 0.400. The average molecular weight is 246 g/mol. The molecule has 0 fully saturated rings. The van der Waals surface area contributed by atoms with Crippen LogP contribution in [0.5, 0.6) is 5.75 Å². The number of benzene rings is 1. The van der Waals surface area contributed by atoms with Crippen LogP contribution in [0.1, 0.15) is 6.92 Å². The smallest absolute Gasteiger partial charge is 0.179 e. The number of ether oxygens (including phenoxy) is 1. The summed E-state index contributed by atoms with van der Waals surface area (Å²) in [5, 5.41) is -0.169. The highest BCUT2D eigenvalue weighted by atomic mass is 32.2. The maximum absolute atomic E-state index is 11.8. The molecule has 15 heavy (non-hydrogen) atoms. The second-order valence-corrected chi connectivity index (χ2v) is 6.22. The van der Waals surface area contributed by atoms with Crippen LogP contribution in [0.15, 0.2) is 29.2 Å². The molecule has 0 saturated heterocycles. The summed E-state index contributed by atoms with van der Waals surface area (Å²) in [4.78, 5) is 0.309. The lowest BCUT2D eigenvalue weighted by atomic mass is 10.3. The number of sulfone groups is 1. The van der Waals surface area contributed by atoms with Crippen molar-refractivity contribution in [3.8, 4) is 5.75 Å². The maximum Gasteiger partial charge on any atom is 0.179 e. The average Bonchev–Trinajstić information content (AvgIpc) is 2.16. The molecular weight excluding hydrogens is 232 g/mol.